The topological polar surface area (TPSA) is 112 Å². The molecule has 9 nitrogen and oxygen atoms in total. The maximum Gasteiger partial charge on any atom is 0.227 e. The Balaban J connectivity index is 1.24. The van der Waals surface area contributed by atoms with Crippen molar-refractivity contribution in [3.05, 3.63) is 65.0 Å². The van der Waals surface area contributed by atoms with Crippen molar-refractivity contribution in [1.82, 2.24) is 20.3 Å². The Kier molecular flexibility index (Phi) is 7.13. The van der Waals surface area contributed by atoms with E-state index in [1.54, 1.807) is 17.2 Å². The zero-order chi connectivity index (χ0) is 23.2. The van der Waals surface area contributed by atoms with Gasteiger partial charge in [0.05, 0.1) is 5.92 Å². The van der Waals surface area contributed by atoms with Gasteiger partial charge in [0, 0.05) is 48.5 Å². The fraction of sp³-hybridized carbons (Fsp3) is 0.261. The van der Waals surface area contributed by atoms with Gasteiger partial charge in [-0.25, -0.2) is 15.0 Å². The number of carbonyl (C=O) groups is 2. The molecule has 170 valence electrons. The first-order valence-corrected chi connectivity index (χ1v) is 11.4. The van der Waals surface area contributed by atoms with E-state index in [-0.39, 0.29) is 24.2 Å². The highest BCUT2D eigenvalue weighted by Gasteiger charge is 2.34. The Bertz CT molecular complexity index is 1160. The minimum Gasteiger partial charge on any atom is -0.368 e. The van der Waals surface area contributed by atoms with Gasteiger partial charge in [-0.05, 0) is 42.8 Å². The number of rotatable bonds is 8. The third-order valence-electron chi connectivity index (χ3n) is 5.18. The van der Waals surface area contributed by atoms with Crippen LogP contribution < -0.4 is 20.9 Å². The fourth-order valence-corrected chi connectivity index (χ4v) is 3.94. The number of halogens is 1. The van der Waals surface area contributed by atoms with Crippen molar-refractivity contribution in [2.24, 2.45) is 5.92 Å². The van der Waals surface area contributed by atoms with Crippen LogP contribution in [0.5, 0.6) is 0 Å². The van der Waals surface area contributed by atoms with E-state index in [0.717, 1.165) is 15.7 Å². The van der Waals surface area contributed by atoms with Crippen LogP contribution >= 0.6 is 15.9 Å². The third kappa shape index (κ3) is 6.04. The van der Waals surface area contributed by atoms with Gasteiger partial charge in [-0.1, -0.05) is 22.0 Å². The number of aryl methyl sites for hydroxylation is 1. The molecule has 33 heavy (non-hydrogen) atoms. The van der Waals surface area contributed by atoms with Crippen molar-refractivity contribution in [1.29, 1.82) is 0 Å². The fourth-order valence-electron chi connectivity index (χ4n) is 3.56. The van der Waals surface area contributed by atoms with E-state index >= 15 is 0 Å². The third-order valence-corrected chi connectivity index (χ3v) is 5.68. The van der Waals surface area contributed by atoms with Gasteiger partial charge in [-0.15, -0.1) is 0 Å². The molecule has 1 atom stereocenters. The van der Waals surface area contributed by atoms with Crippen molar-refractivity contribution in [2.75, 3.05) is 35.2 Å². The van der Waals surface area contributed by atoms with E-state index in [1.807, 2.05) is 43.3 Å². The standard InChI is InChI=1S/C23H24BrN7O2/c1-15-5-6-25-20(9-15)30-21-12-19(28-14-29-21)26-7-8-27-23(33)16-10-22(32)31(13-16)18-4-2-3-17(24)11-18/h2-6,9,11-12,14,16H,7-8,10,13H2,1H3,(H,27,33)(H2,25,26,28,29,30). The molecule has 10 heteroatoms. The molecule has 1 aliphatic rings. The highest BCUT2D eigenvalue weighted by molar-refractivity contribution is 9.10. The van der Waals surface area contributed by atoms with Crippen LogP contribution in [0.25, 0.3) is 0 Å². The largest absolute Gasteiger partial charge is 0.368 e. The highest BCUT2D eigenvalue weighted by atomic mass is 79.9. The Morgan fingerprint density at radius 3 is 2.73 bits per heavy atom. The monoisotopic (exact) mass is 509 g/mol. The predicted molar refractivity (Wildman–Crippen MR) is 130 cm³/mol. The highest BCUT2D eigenvalue weighted by Crippen LogP contribution is 2.27. The quantitative estimate of drug-likeness (QED) is 0.399. The molecule has 0 saturated carbocycles. The number of amides is 2. The number of nitrogens with one attached hydrogen (secondary N) is 3. The van der Waals surface area contributed by atoms with Crippen LogP contribution in [-0.2, 0) is 9.59 Å². The Morgan fingerprint density at radius 1 is 1.09 bits per heavy atom. The van der Waals surface area contributed by atoms with Gasteiger partial charge in [0.15, 0.2) is 0 Å². The van der Waals surface area contributed by atoms with Crippen LogP contribution in [0.1, 0.15) is 12.0 Å². The van der Waals surface area contributed by atoms with Crippen LogP contribution in [0.2, 0.25) is 0 Å². The summed E-state index contributed by atoms with van der Waals surface area (Å²) in [4.78, 5) is 39.3. The van der Waals surface area contributed by atoms with Crippen LogP contribution in [0.3, 0.4) is 0 Å². The first kappa shape index (κ1) is 22.7. The number of nitrogens with zero attached hydrogens (tertiary/aromatic N) is 4. The van der Waals surface area contributed by atoms with Crippen LogP contribution in [0, 0.1) is 12.8 Å². The lowest BCUT2D eigenvalue weighted by Gasteiger charge is -2.17. The van der Waals surface area contributed by atoms with E-state index < -0.39 is 0 Å². The second kappa shape index (κ2) is 10.4. The molecule has 0 bridgehead atoms. The van der Waals surface area contributed by atoms with Crippen molar-refractivity contribution in [3.63, 3.8) is 0 Å². The summed E-state index contributed by atoms with van der Waals surface area (Å²) < 4.78 is 0.894. The van der Waals surface area contributed by atoms with Crippen LogP contribution in [0.4, 0.5) is 23.1 Å². The van der Waals surface area contributed by atoms with Crippen LogP contribution in [-0.4, -0.2) is 46.4 Å². The van der Waals surface area contributed by atoms with E-state index in [4.69, 9.17) is 0 Å². The Hall–Kier alpha value is -3.53. The van der Waals surface area contributed by atoms with E-state index in [0.29, 0.717) is 37.1 Å². The second-order valence-electron chi connectivity index (χ2n) is 7.73. The SMILES string of the molecule is Cc1ccnc(Nc2cc(NCCNC(=O)C3CC(=O)N(c4cccc(Br)c4)C3)ncn2)c1. The number of pyridine rings is 1. The van der Waals surface area contributed by atoms with Gasteiger partial charge in [-0.2, -0.15) is 0 Å². The van der Waals surface area contributed by atoms with Gasteiger partial charge in [-0.3, -0.25) is 9.59 Å². The molecule has 4 rings (SSSR count). The summed E-state index contributed by atoms with van der Waals surface area (Å²) in [7, 11) is 0. The molecule has 1 unspecified atom stereocenters. The van der Waals surface area contributed by atoms with Gasteiger partial charge in [0.2, 0.25) is 11.8 Å². The molecular weight excluding hydrogens is 486 g/mol. The average molecular weight is 510 g/mol. The zero-order valence-corrected chi connectivity index (χ0v) is 19.7. The number of aromatic nitrogens is 3. The smallest absolute Gasteiger partial charge is 0.227 e. The van der Waals surface area contributed by atoms with Gasteiger partial charge in [0.25, 0.3) is 0 Å². The molecule has 3 heterocycles. The molecule has 1 fully saturated rings. The first-order chi connectivity index (χ1) is 16.0. The van der Waals surface area contributed by atoms with Crippen molar-refractivity contribution in [3.8, 4) is 0 Å². The maximum atomic E-state index is 12.6. The van der Waals surface area contributed by atoms with Crippen molar-refractivity contribution < 1.29 is 9.59 Å². The molecule has 2 amide bonds. The molecule has 1 aromatic carbocycles. The summed E-state index contributed by atoms with van der Waals surface area (Å²) >= 11 is 3.42. The molecule has 3 aromatic rings. The molecule has 1 aliphatic heterocycles. The summed E-state index contributed by atoms with van der Waals surface area (Å²) in [6.45, 7) is 3.27. The number of hydrogen-bond acceptors (Lipinski definition) is 7. The normalized spacial score (nSPS) is 15.4. The van der Waals surface area contributed by atoms with Gasteiger partial charge >= 0.3 is 0 Å². The summed E-state index contributed by atoms with van der Waals surface area (Å²) in [5.41, 5.74) is 1.89. The Labute approximate surface area is 200 Å². The Morgan fingerprint density at radius 2 is 1.91 bits per heavy atom. The van der Waals surface area contributed by atoms with E-state index in [1.165, 1.54) is 6.33 Å². The molecule has 2 aromatic heterocycles. The molecule has 0 spiro atoms. The molecule has 0 aliphatic carbocycles. The zero-order valence-electron chi connectivity index (χ0n) is 18.1. The lowest BCUT2D eigenvalue weighted by atomic mass is 10.1. The summed E-state index contributed by atoms with van der Waals surface area (Å²) in [5, 5.41) is 9.21. The summed E-state index contributed by atoms with van der Waals surface area (Å²) in [5.74, 6) is 1.41. The van der Waals surface area contributed by atoms with Gasteiger partial charge in [0.1, 0.15) is 23.8 Å². The minimum absolute atomic E-state index is 0.0458. The lowest BCUT2D eigenvalue weighted by Crippen LogP contribution is -2.35. The number of benzene rings is 1. The first-order valence-electron chi connectivity index (χ1n) is 10.6. The minimum atomic E-state index is -0.367. The molecular formula is C23H24BrN7O2. The van der Waals surface area contributed by atoms with Crippen molar-refractivity contribution in [2.45, 2.75) is 13.3 Å². The predicted octanol–water partition coefficient (Wildman–Crippen LogP) is 3.27. The summed E-state index contributed by atoms with van der Waals surface area (Å²) in [6, 6.07) is 13.1. The summed E-state index contributed by atoms with van der Waals surface area (Å²) in [6.07, 6.45) is 3.40. The molecule has 1 saturated heterocycles. The van der Waals surface area contributed by atoms with E-state index in [9.17, 15) is 9.59 Å². The lowest BCUT2D eigenvalue weighted by molar-refractivity contribution is -0.126. The maximum absolute atomic E-state index is 12.6. The number of hydrogen-bond donors (Lipinski definition) is 3. The van der Waals surface area contributed by atoms with E-state index in [2.05, 4.69) is 46.8 Å². The second-order valence-corrected chi connectivity index (χ2v) is 8.65. The molecule has 0 radical (unpaired) electrons. The van der Waals surface area contributed by atoms with Gasteiger partial charge < -0.3 is 20.9 Å². The number of anilines is 4. The van der Waals surface area contributed by atoms with Crippen LogP contribution in [0.15, 0.2) is 59.5 Å². The van der Waals surface area contributed by atoms with Crippen molar-refractivity contribution >= 4 is 50.9 Å². The molecule has 3 N–H and O–H groups in total. The average Bonchev–Trinajstić information content (AvgIpc) is 3.19. The number of carbonyl (C=O) groups excluding carboxylic acids is 2.